The van der Waals surface area contributed by atoms with Crippen LogP contribution in [0.2, 0.25) is 0 Å². The topological polar surface area (TPSA) is 26.3 Å². The summed E-state index contributed by atoms with van der Waals surface area (Å²) in [5, 5.41) is 0. The van der Waals surface area contributed by atoms with Gasteiger partial charge < -0.3 is 4.74 Å². The van der Waals surface area contributed by atoms with Gasteiger partial charge >= 0.3 is 0 Å². The quantitative estimate of drug-likeness (QED) is 0.786. The summed E-state index contributed by atoms with van der Waals surface area (Å²) < 4.78 is 5.63. The Morgan fingerprint density at radius 3 is 3.00 bits per heavy atom. The van der Waals surface area contributed by atoms with Crippen LogP contribution < -0.4 is 4.74 Å². The van der Waals surface area contributed by atoms with E-state index in [1.807, 2.05) is 18.2 Å². The van der Waals surface area contributed by atoms with Crippen LogP contribution in [0.3, 0.4) is 0 Å². The third-order valence-electron chi connectivity index (χ3n) is 3.80. The third kappa shape index (κ3) is 2.92. The molecule has 1 heterocycles. The number of para-hydroxylation sites is 1. The number of hydrogen-bond acceptors (Lipinski definition) is 2. The van der Waals surface area contributed by atoms with E-state index in [0.717, 1.165) is 31.6 Å². The van der Waals surface area contributed by atoms with Crippen LogP contribution >= 0.6 is 0 Å². The van der Waals surface area contributed by atoms with Crippen LogP contribution in [-0.2, 0) is 4.79 Å². The molecule has 2 heteroatoms. The Hall–Kier alpha value is -1.31. The lowest BCUT2D eigenvalue weighted by Crippen LogP contribution is -2.20. The highest BCUT2D eigenvalue weighted by atomic mass is 16.5. The molecule has 1 aliphatic rings. The lowest BCUT2D eigenvalue weighted by molar-refractivity contribution is -0.123. The summed E-state index contributed by atoms with van der Waals surface area (Å²) in [5.74, 6) is 1.91. The van der Waals surface area contributed by atoms with Crippen molar-refractivity contribution in [2.75, 3.05) is 6.61 Å². The molecule has 0 N–H and O–H groups in total. The van der Waals surface area contributed by atoms with Crippen molar-refractivity contribution in [1.82, 2.24) is 0 Å². The summed E-state index contributed by atoms with van der Waals surface area (Å²) >= 11 is 0. The number of fused-ring (bicyclic) bond motifs is 1. The minimum Gasteiger partial charge on any atom is -0.493 e. The monoisotopic (exact) mass is 246 g/mol. The number of ketones is 1. The number of Topliss-reactive ketones (excluding diaryl/α,β-unsaturated/α-hetero) is 1. The van der Waals surface area contributed by atoms with Gasteiger partial charge in [0.1, 0.15) is 11.5 Å². The third-order valence-corrected chi connectivity index (χ3v) is 3.80. The second-order valence-electron chi connectivity index (χ2n) is 5.23. The predicted molar refractivity (Wildman–Crippen MR) is 73.0 cm³/mol. The standard InChI is InChI=1S/C16H22O2/c1-3-6-12(2)15(17)11-13-9-10-18-16-8-5-4-7-14(13)16/h4-5,7-8,12-13H,3,6,9-11H2,1-2H3. The fourth-order valence-corrected chi connectivity index (χ4v) is 2.67. The Kier molecular flexibility index (Phi) is 4.40. The maximum absolute atomic E-state index is 12.2. The van der Waals surface area contributed by atoms with E-state index in [2.05, 4.69) is 19.9 Å². The molecule has 0 spiro atoms. The van der Waals surface area contributed by atoms with Crippen molar-refractivity contribution in [3.63, 3.8) is 0 Å². The molecule has 1 aliphatic heterocycles. The second kappa shape index (κ2) is 6.03. The Labute approximate surface area is 109 Å². The summed E-state index contributed by atoms with van der Waals surface area (Å²) in [6.07, 6.45) is 3.71. The predicted octanol–water partition coefficient (Wildman–Crippen LogP) is 3.95. The Bertz CT molecular complexity index is 411. The number of rotatable bonds is 5. The van der Waals surface area contributed by atoms with Crippen molar-refractivity contribution in [3.8, 4) is 5.75 Å². The SMILES string of the molecule is CCCC(C)C(=O)CC1CCOc2ccccc21. The minimum absolute atomic E-state index is 0.199. The van der Waals surface area contributed by atoms with Crippen molar-refractivity contribution in [2.45, 2.75) is 45.4 Å². The summed E-state index contributed by atoms with van der Waals surface area (Å²) in [7, 11) is 0. The van der Waals surface area contributed by atoms with Gasteiger partial charge in [0, 0.05) is 12.3 Å². The molecule has 0 saturated heterocycles. The fourth-order valence-electron chi connectivity index (χ4n) is 2.67. The van der Waals surface area contributed by atoms with Crippen LogP contribution in [0.1, 0.15) is 51.0 Å². The molecular formula is C16H22O2. The highest BCUT2D eigenvalue weighted by Gasteiger charge is 2.25. The van der Waals surface area contributed by atoms with E-state index in [1.54, 1.807) is 0 Å². The zero-order valence-corrected chi connectivity index (χ0v) is 11.3. The van der Waals surface area contributed by atoms with Crippen molar-refractivity contribution in [2.24, 2.45) is 5.92 Å². The molecule has 0 amide bonds. The lowest BCUT2D eigenvalue weighted by Gasteiger charge is -2.26. The molecule has 2 atom stereocenters. The van der Waals surface area contributed by atoms with Crippen LogP contribution in [0.15, 0.2) is 24.3 Å². The minimum atomic E-state index is 0.199. The average molecular weight is 246 g/mol. The van der Waals surface area contributed by atoms with Crippen molar-refractivity contribution >= 4 is 5.78 Å². The van der Waals surface area contributed by atoms with Crippen LogP contribution in [0.4, 0.5) is 0 Å². The van der Waals surface area contributed by atoms with E-state index in [-0.39, 0.29) is 5.92 Å². The average Bonchev–Trinajstić information content (AvgIpc) is 2.39. The Morgan fingerprint density at radius 1 is 1.44 bits per heavy atom. The summed E-state index contributed by atoms with van der Waals surface area (Å²) in [6, 6.07) is 8.11. The second-order valence-corrected chi connectivity index (χ2v) is 5.23. The van der Waals surface area contributed by atoms with Gasteiger partial charge in [-0.15, -0.1) is 0 Å². The molecule has 98 valence electrons. The molecular weight excluding hydrogens is 224 g/mol. The summed E-state index contributed by atoms with van der Waals surface area (Å²) in [6.45, 7) is 4.92. The van der Waals surface area contributed by atoms with Crippen LogP contribution in [0, 0.1) is 5.92 Å². The van der Waals surface area contributed by atoms with Gasteiger partial charge in [-0.3, -0.25) is 4.79 Å². The number of benzene rings is 1. The zero-order chi connectivity index (χ0) is 13.0. The number of carbonyl (C=O) groups is 1. The van der Waals surface area contributed by atoms with Crippen molar-refractivity contribution < 1.29 is 9.53 Å². The fraction of sp³-hybridized carbons (Fsp3) is 0.562. The zero-order valence-electron chi connectivity index (χ0n) is 11.3. The van der Waals surface area contributed by atoms with Gasteiger partial charge in [0.25, 0.3) is 0 Å². The van der Waals surface area contributed by atoms with Gasteiger partial charge in [0.05, 0.1) is 6.61 Å². The summed E-state index contributed by atoms with van der Waals surface area (Å²) in [4.78, 5) is 12.2. The van der Waals surface area contributed by atoms with Crippen molar-refractivity contribution in [1.29, 1.82) is 0 Å². The number of carbonyl (C=O) groups excluding carboxylic acids is 1. The van der Waals surface area contributed by atoms with Crippen molar-refractivity contribution in [3.05, 3.63) is 29.8 Å². The van der Waals surface area contributed by atoms with Gasteiger partial charge in [-0.2, -0.15) is 0 Å². The molecule has 18 heavy (non-hydrogen) atoms. The molecule has 0 fully saturated rings. The normalized spacial score (nSPS) is 19.8. The lowest BCUT2D eigenvalue weighted by atomic mass is 9.85. The summed E-state index contributed by atoms with van der Waals surface area (Å²) in [5.41, 5.74) is 1.21. The molecule has 0 aromatic heterocycles. The first kappa shape index (κ1) is 13.1. The largest absolute Gasteiger partial charge is 0.493 e. The van der Waals surface area contributed by atoms with Gasteiger partial charge in [0.15, 0.2) is 0 Å². The van der Waals surface area contributed by atoms with Gasteiger partial charge in [-0.1, -0.05) is 38.5 Å². The highest BCUT2D eigenvalue weighted by Crippen LogP contribution is 2.36. The molecule has 1 aromatic rings. The molecule has 0 aliphatic carbocycles. The molecule has 2 nitrogen and oxygen atoms in total. The first-order valence-electron chi connectivity index (χ1n) is 6.96. The first-order chi connectivity index (χ1) is 8.72. The first-order valence-corrected chi connectivity index (χ1v) is 6.96. The Balaban J connectivity index is 2.05. The molecule has 2 unspecified atom stereocenters. The number of ether oxygens (including phenoxy) is 1. The van der Waals surface area contributed by atoms with E-state index in [9.17, 15) is 4.79 Å². The highest BCUT2D eigenvalue weighted by molar-refractivity contribution is 5.81. The van der Waals surface area contributed by atoms with Gasteiger partial charge in [-0.25, -0.2) is 0 Å². The van der Waals surface area contributed by atoms with E-state index < -0.39 is 0 Å². The smallest absolute Gasteiger partial charge is 0.136 e. The van der Waals surface area contributed by atoms with Gasteiger partial charge in [-0.05, 0) is 30.4 Å². The maximum atomic E-state index is 12.2. The van der Waals surface area contributed by atoms with Gasteiger partial charge in [0.2, 0.25) is 0 Å². The molecule has 0 radical (unpaired) electrons. The number of hydrogen-bond donors (Lipinski definition) is 0. The van der Waals surface area contributed by atoms with E-state index in [0.29, 0.717) is 18.1 Å². The van der Waals surface area contributed by atoms with Crippen LogP contribution in [-0.4, -0.2) is 12.4 Å². The maximum Gasteiger partial charge on any atom is 0.136 e. The molecule has 1 aromatic carbocycles. The molecule has 0 bridgehead atoms. The van der Waals surface area contributed by atoms with E-state index in [1.165, 1.54) is 5.56 Å². The van der Waals surface area contributed by atoms with Crippen LogP contribution in [0.5, 0.6) is 5.75 Å². The Morgan fingerprint density at radius 2 is 2.22 bits per heavy atom. The van der Waals surface area contributed by atoms with E-state index in [4.69, 9.17) is 4.74 Å². The van der Waals surface area contributed by atoms with E-state index >= 15 is 0 Å². The van der Waals surface area contributed by atoms with Crippen LogP contribution in [0.25, 0.3) is 0 Å². The molecule has 0 saturated carbocycles. The molecule has 2 rings (SSSR count).